The van der Waals surface area contributed by atoms with E-state index in [0.29, 0.717) is 33.8 Å². The topological polar surface area (TPSA) is 137 Å². The summed E-state index contributed by atoms with van der Waals surface area (Å²) >= 11 is 0. The standard InChI is InChI=1S/C34H36N4O5.Mg/c1-8-19-16(4)23-11-21-14(2)15(3)22(35-21)12-24-17(5)20(9-10-27(39)40)31(37-24)29-30(34(42)43-7)33(41)28-18(6)25(38-32(28)29)13-26(19)36-23;/h11-13,17,20,30H,8-10H2,1-7H3,(H3,37,38,39,40,41);/q-2;+2/p-2/b23-11-,24-12-,26-13-;/t17-,20-,30+;/m0./s1. The molecule has 3 aromatic heterocycles. The molecular formula is C34H34MgN4O5-2. The molecule has 224 valence electrons. The van der Waals surface area contributed by atoms with E-state index < -0.39 is 17.9 Å². The van der Waals surface area contributed by atoms with Crippen molar-refractivity contribution in [3.05, 3.63) is 83.6 Å². The van der Waals surface area contributed by atoms with E-state index in [1.54, 1.807) is 0 Å². The Balaban J connectivity index is 0.00000384. The van der Waals surface area contributed by atoms with E-state index in [9.17, 15) is 19.5 Å². The van der Waals surface area contributed by atoms with Gasteiger partial charge in [0.25, 0.3) is 0 Å². The second-order valence-corrected chi connectivity index (χ2v) is 11.7. The van der Waals surface area contributed by atoms with Gasteiger partial charge in [0.05, 0.1) is 7.11 Å². The zero-order chi connectivity index (χ0) is 30.9. The van der Waals surface area contributed by atoms with Crippen LogP contribution in [0.25, 0.3) is 29.1 Å². The summed E-state index contributed by atoms with van der Waals surface area (Å²) < 4.78 is 5.11. The molecule has 44 heavy (non-hydrogen) atoms. The maximum absolute atomic E-state index is 13.9. The fourth-order valence-electron chi connectivity index (χ4n) is 6.78. The molecule has 8 bridgehead atoms. The second kappa shape index (κ2) is 11.6. The van der Waals surface area contributed by atoms with Gasteiger partial charge in [-0.25, -0.2) is 0 Å². The number of carboxylic acids is 1. The Morgan fingerprint density at radius 2 is 1.55 bits per heavy atom. The van der Waals surface area contributed by atoms with Crippen LogP contribution in [0.2, 0.25) is 0 Å². The first-order valence-electron chi connectivity index (χ1n) is 14.6. The van der Waals surface area contributed by atoms with Gasteiger partial charge in [0.2, 0.25) is 0 Å². The van der Waals surface area contributed by atoms with Gasteiger partial charge >= 0.3 is 35.0 Å². The summed E-state index contributed by atoms with van der Waals surface area (Å²) in [6.07, 6.45) is 6.85. The van der Waals surface area contributed by atoms with Crippen molar-refractivity contribution < 1.29 is 24.2 Å². The number of carbonyl (C=O) groups excluding carboxylic acids is 2. The molecule has 1 fully saturated rings. The summed E-state index contributed by atoms with van der Waals surface area (Å²) in [5.41, 5.74) is 9.55. The quantitative estimate of drug-likeness (QED) is 0.267. The van der Waals surface area contributed by atoms with Crippen molar-refractivity contribution in [2.24, 2.45) is 17.8 Å². The number of nitrogens with zero attached hydrogens (tertiary/aromatic N) is 4. The van der Waals surface area contributed by atoms with E-state index in [-0.39, 0.29) is 53.5 Å². The number of hydrogen-bond donors (Lipinski definition) is 1. The monoisotopic (exact) mass is 602 g/mol. The van der Waals surface area contributed by atoms with E-state index in [1.165, 1.54) is 7.11 Å². The van der Waals surface area contributed by atoms with Crippen molar-refractivity contribution in [1.29, 1.82) is 0 Å². The molecule has 1 saturated heterocycles. The zero-order valence-electron chi connectivity index (χ0n) is 26.2. The van der Waals surface area contributed by atoms with Crippen LogP contribution in [0, 0.1) is 45.4 Å². The smallest absolute Gasteiger partial charge is 0.664 e. The Hall–Kier alpha value is -3.76. The van der Waals surface area contributed by atoms with Crippen molar-refractivity contribution in [2.75, 3.05) is 7.11 Å². The fourth-order valence-corrected chi connectivity index (χ4v) is 6.78. The number of methoxy groups -OCH3 is 1. The van der Waals surface area contributed by atoms with Crippen LogP contribution in [0.3, 0.4) is 0 Å². The number of ketones is 1. The van der Waals surface area contributed by atoms with Gasteiger partial charge in [-0.2, -0.15) is 11.4 Å². The van der Waals surface area contributed by atoms with Gasteiger partial charge in [-0.05, 0) is 52.4 Å². The number of aromatic nitrogens is 3. The average molecular weight is 603 g/mol. The molecule has 5 heterocycles. The van der Waals surface area contributed by atoms with Crippen molar-refractivity contribution in [3.8, 4) is 0 Å². The maximum atomic E-state index is 13.9. The molecule has 0 spiro atoms. The predicted octanol–water partition coefficient (Wildman–Crippen LogP) is 3.19. The first-order chi connectivity index (χ1) is 20.5. The minimum atomic E-state index is -1.22. The molecule has 10 heteroatoms. The zero-order valence-corrected chi connectivity index (χ0v) is 27.6. The number of fused-ring (bicyclic) bond motifs is 7. The summed E-state index contributed by atoms with van der Waals surface area (Å²) in [4.78, 5) is 53.7. The molecule has 0 unspecified atom stereocenters. The molecule has 0 radical (unpaired) electrons. The molecule has 0 amide bonds. The Labute approximate surface area is 272 Å². The van der Waals surface area contributed by atoms with Crippen molar-refractivity contribution in [3.63, 3.8) is 0 Å². The summed E-state index contributed by atoms with van der Waals surface area (Å²) in [6, 6.07) is 0. The largest absolute Gasteiger partial charge is 2.00 e. The number of ether oxygens (including phenoxy) is 1. The Morgan fingerprint density at radius 1 is 0.909 bits per heavy atom. The van der Waals surface area contributed by atoms with Gasteiger partial charge < -0.3 is 30.1 Å². The van der Waals surface area contributed by atoms with Crippen molar-refractivity contribution in [2.45, 2.75) is 60.8 Å². The van der Waals surface area contributed by atoms with Crippen LogP contribution in [-0.2, 0) is 20.7 Å². The number of hydrogen-bond acceptors (Lipinski definition) is 4. The Morgan fingerprint density at radius 3 is 2.18 bits per heavy atom. The molecular weight excluding hydrogens is 569 g/mol. The second-order valence-electron chi connectivity index (χ2n) is 11.7. The van der Waals surface area contributed by atoms with Crippen LogP contribution in [0.1, 0.15) is 87.6 Å². The van der Waals surface area contributed by atoms with Gasteiger partial charge in [0.15, 0.2) is 5.78 Å². The summed E-state index contributed by atoms with van der Waals surface area (Å²) in [5.74, 6) is -3.73. The number of aliphatic carboxylic acids is 1. The minimum absolute atomic E-state index is 0. The van der Waals surface area contributed by atoms with E-state index in [4.69, 9.17) is 25.0 Å². The Bertz CT molecular complexity index is 1920. The summed E-state index contributed by atoms with van der Waals surface area (Å²) in [7, 11) is 1.26. The normalized spacial score (nSPS) is 24.4. The summed E-state index contributed by atoms with van der Waals surface area (Å²) in [5, 5.41) is 16.2. The number of esters is 1. The SMILES string of the molecule is CCc1c(C)/c2[n-]/c1=C\c1[n-]c3c(c1C)C(=O)[C@H](C(=O)OC)/C3=C1/[N-]/C(=C\c3[n-]c(c(C)c3C)\C=2)[C@@H](C)[C@@H]1CCC(=O)O.[Mg+2]. The predicted molar refractivity (Wildman–Crippen MR) is 167 cm³/mol. The van der Waals surface area contributed by atoms with Crippen molar-refractivity contribution >= 4 is 64.6 Å². The molecule has 0 saturated carbocycles. The van der Waals surface area contributed by atoms with E-state index >= 15 is 0 Å². The first kappa shape index (κ1) is 31.7. The number of allylic oxidation sites excluding steroid dienone is 2. The van der Waals surface area contributed by atoms with Crippen LogP contribution in [0.4, 0.5) is 0 Å². The molecule has 9 nitrogen and oxygen atoms in total. The molecule has 3 aromatic rings. The average Bonchev–Trinajstić information content (AvgIpc) is 3.70. The third-order valence-electron chi connectivity index (χ3n) is 9.48. The first-order valence-corrected chi connectivity index (χ1v) is 14.6. The third kappa shape index (κ3) is 4.79. The van der Waals surface area contributed by atoms with Crippen LogP contribution < -0.4 is 25.7 Å². The van der Waals surface area contributed by atoms with Gasteiger partial charge in [-0.1, -0.05) is 65.5 Å². The van der Waals surface area contributed by atoms with Gasteiger partial charge in [-0.15, -0.1) is 33.5 Å². The van der Waals surface area contributed by atoms with Gasteiger partial charge in [0.1, 0.15) is 5.92 Å². The maximum Gasteiger partial charge on any atom is 2.00 e. The van der Waals surface area contributed by atoms with Crippen LogP contribution in [0.5, 0.6) is 0 Å². The number of rotatable bonds is 5. The fraction of sp³-hybridized carbons (Fsp3) is 0.382. The molecule has 0 aromatic carbocycles. The van der Waals surface area contributed by atoms with Crippen LogP contribution in [-0.4, -0.2) is 53.0 Å². The molecule has 1 N–H and O–H groups in total. The molecule has 6 rings (SSSR count). The van der Waals surface area contributed by atoms with Crippen molar-refractivity contribution in [1.82, 2.24) is 15.0 Å². The number of carbonyl (C=O) groups is 3. The molecule has 3 aliphatic rings. The van der Waals surface area contributed by atoms with Gasteiger partial charge in [-0.3, -0.25) is 14.4 Å². The minimum Gasteiger partial charge on any atom is -0.664 e. The third-order valence-corrected chi connectivity index (χ3v) is 9.48. The molecule has 3 atom stereocenters. The number of Topliss-reactive ketones (excluding diaryl/α,β-unsaturated/α-hetero) is 1. The molecule has 1 aliphatic carbocycles. The van der Waals surface area contributed by atoms with E-state index in [2.05, 4.69) is 13.8 Å². The summed E-state index contributed by atoms with van der Waals surface area (Å²) in [6.45, 7) is 12.1. The van der Waals surface area contributed by atoms with Crippen LogP contribution >= 0.6 is 0 Å². The van der Waals surface area contributed by atoms with Crippen LogP contribution in [0.15, 0.2) is 11.4 Å². The Kier molecular flexibility index (Phi) is 8.37. The number of carboxylic acid groups (broad SMARTS) is 1. The van der Waals surface area contributed by atoms with Gasteiger partial charge in [0, 0.05) is 12.0 Å². The van der Waals surface area contributed by atoms with E-state index in [0.717, 1.165) is 56.5 Å². The van der Waals surface area contributed by atoms with E-state index in [1.807, 2.05) is 45.9 Å². The molecule has 2 aliphatic heterocycles.